The molecule has 1 aliphatic heterocycles. The SMILES string of the molecule is Clc1cccc(Cl)c1CSc1nnc(C2CCNCC2)o1.[Cl-]. The van der Waals surface area contributed by atoms with Crippen LogP contribution in [0.3, 0.4) is 0 Å². The minimum atomic E-state index is 0. The average Bonchev–Trinajstić information content (AvgIpc) is 2.97. The second-order valence-corrected chi connectivity index (χ2v) is 6.66. The van der Waals surface area contributed by atoms with Crippen molar-refractivity contribution in [3.63, 3.8) is 0 Å². The fourth-order valence-corrected chi connectivity index (χ4v) is 3.83. The number of benzene rings is 1. The summed E-state index contributed by atoms with van der Waals surface area (Å²) in [6.45, 7) is 2.01. The number of halogens is 3. The fourth-order valence-electron chi connectivity index (χ4n) is 2.32. The standard InChI is InChI=1S/C14H15Cl2N3OS.ClH/c15-11-2-1-3-12(16)10(11)8-21-14-19-18-13(20-14)9-4-6-17-7-5-9;/h1-3,9,17H,4-8H2;1H/p-1. The topological polar surface area (TPSA) is 51.0 Å². The molecule has 0 unspecified atom stereocenters. The highest BCUT2D eigenvalue weighted by atomic mass is 35.5. The molecule has 3 rings (SSSR count). The third kappa shape index (κ3) is 4.30. The average molecular weight is 380 g/mol. The van der Waals surface area contributed by atoms with Gasteiger partial charge in [-0.2, -0.15) is 0 Å². The first kappa shape index (κ1) is 17.9. The maximum Gasteiger partial charge on any atom is 0.276 e. The Labute approximate surface area is 149 Å². The van der Waals surface area contributed by atoms with Crippen LogP contribution in [0.4, 0.5) is 0 Å². The van der Waals surface area contributed by atoms with Crippen LogP contribution in [0.2, 0.25) is 10.0 Å². The van der Waals surface area contributed by atoms with Gasteiger partial charge in [0.2, 0.25) is 5.89 Å². The normalized spacial score (nSPS) is 15.5. The zero-order valence-corrected chi connectivity index (χ0v) is 14.8. The molecule has 1 fully saturated rings. The molecule has 1 aromatic heterocycles. The van der Waals surface area contributed by atoms with Gasteiger partial charge in [-0.25, -0.2) is 0 Å². The third-order valence-electron chi connectivity index (χ3n) is 3.51. The zero-order chi connectivity index (χ0) is 14.7. The third-order valence-corrected chi connectivity index (χ3v) is 5.07. The molecule has 0 atom stereocenters. The molecule has 0 saturated carbocycles. The first-order chi connectivity index (χ1) is 10.2. The van der Waals surface area contributed by atoms with E-state index in [-0.39, 0.29) is 12.4 Å². The molecular weight excluding hydrogens is 365 g/mol. The van der Waals surface area contributed by atoms with E-state index in [1.54, 1.807) is 0 Å². The molecule has 0 bridgehead atoms. The van der Waals surface area contributed by atoms with E-state index in [0.29, 0.717) is 26.9 Å². The maximum atomic E-state index is 6.15. The van der Waals surface area contributed by atoms with E-state index in [9.17, 15) is 0 Å². The van der Waals surface area contributed by atoms with Gasteiger partial charge in [0.25, 0.3) is 5.22 Å². The summed E-state index contributed by atoms with van der Waals surface area (Å²) in [5.74, 6) is 1.73. The molecule has 1 saturated heterocycles. The van der Waals surface area contributed by atoms with Crippen molar-refractivity contribution >= 4 is 35.0 Å². The molecule has 1 N–H and O–H groups in total. The molecular formula is C14H15Cl3N3OS-. The van der Waals surface area contributed by atoms with Gasteiger partial charge in [-0.05, 0) is 43.6 Å². The van der Waals surface area contributed by atoms with Gasteiger partial charge < -0.3 is 22.1 Å². The van der Waals surface area contributed by atoms with E-state index in [1.165, 1.54) is 11.8 Å². The summed E-state index contributed by atoms with van der Waals surface area (Å²) in [6.07, 6.45) is 2.09. The van der Waals surface area contributed by atoms with Crippen LogP contribution in [0, 0.1) is 0 Å². The quantitative estimate of drug-likeness (QED) is 0.807. The summed E-state index contributed by atoms with van der Waals surface area (Å²) in [6, 6.07) is 5.50. The molecule has 2 heterocycles. The molecule has 1 aromatic carbocycles. The minimum absolute atomic E-state index is 0. The van der Waals surface area contributed by atoms with Gasteiger partial charge in [-0.15, -0.1) is 10.2 Å². The lowest BCUT2D eigenvalue weighted by molar-refractivity contribution is -0.00000471. The lowest BCUT2D eigenvalue weighted by atomic mass is 9.98. The summed E-state index contributed by atoms with van der Waals surface area (Å²) >= 11 is 13.8. The monoisotopic (exact) mass is 378 g/mol. The second kappa shape index (κ2) is 8.41. The van der Waals surface area contributed by atoms with Crippen molar-refractivity contribution in [1.29, 1.82) is 0 Å². The summed E-state index contributed by atoms with van der Waals surface area (Å²) in [5.41, 5.74) is 0.896. The number of aromatic nitrogens is 2. The van der Waals surface area contributed by atoms with Crippen molar-refractivity contribution in [3.8, 4) is 0 Å². The highest BCUT2D eigenvalue weighted by molar-refractivity contribution is 7.98. The van der Waals surface area contributed by atoms with Crippen molar-refractivity contribution in [3.05, 3.63) is 39.7 Å². The Morgan fingerprint density at radius 3 is 2.55 bits per heavy atom. The molecule has 120 valence electrons. The Bertz CT molecular complexity index is 597. The van der Waals surface area contributed by atoms with Crippen LogP contribution in [0.1, 0.15) is 30.2 Å². The predicted molar refractivity (Wildman–Crippen MR) is 85.2 cm³/mol. The van der Waals surface area contributed by atoms with E-state index in [2.05, 4.69) is 15.5 Å². The lowest BCUT2D eigenvalue weighted by Crippen LogP contribution is -3.00. The first-order valence-electron chi connectivity index (χ1n) is 6.84. The molecule has 2 aromatic rings. The van der Waals surface area contributed by atoms with Crippen LogP contribution in [0.15, 0.2) is 27.8 Å². The molecule has 4 nitrogen and oxygen atoms in total. The fraction of sp³-hybridized carbons (Fsp3) is 0.429. The number of nitrogens with one attached hydrogen (secondary N) is 1. The minimum Gasteiger partial charge on any atom is -1.00 e. The summed E-state index contributed by atoms with van der Waals surface area (Å²) in [7, 11) is 0. The van der Waals surface area contributed by atoms with Crippen molar-refractivity contribution in [1.82, 2.24) is 15.5 Å². The van der Waals surface area contributed by atoms with Crippen LogP contribution in [0.25, 0.3) is 0 Å². The molecule has 0 amide bonds. The highest BCUT2D eigenvalue weighted by Gasteiger charge is 2.21. The van der Waals surface area contributed by atoms with E-state index in [4.69, 9.17) is 27.6 Å². The smallest absolute Gasteiger partial charge is 0.276 e. The van der Waals surface area contributed by atoms with Gasteiger partial charge in [-0.3, -0.25) is 0 Å². The van der Waals surface area contributed by atoms with Crippen LogP contribution in [-0.2, 0) is 5.75 Å². The lowest BCUT2D eigenvalue weighted by Gasteiger charge is -2.18. The molecule has 0 spiro atoms. The number of rotatable bonds is 4. The Hall–Kier alpha value is -0.460. The summed E-state index contributed by atoms with van der Waals surface area (Å²) in [5, 5.41) is 13.5. The molecule has 1 aliphatic rings. The number of hydrogen-bond acceptors (Lipinski definition) is 5. The van der Waals surface area contributed by atoms with Gasteiger partial charge >= 0.3 is 0 Å². The van der Waals surface area contributed by atoms with Crippen LogP contribution in [-0.4, -0.2) is 23.3 Å². The Morgan fingerprint density at radius 1 is 1.18 bits per heavy atom. The van der Waals surface area contributed by atoms with Crippen molar-refractivity contribution in [2.45, 2.75) is 29.7 Å². The van der Waals surface area contributed by atoms with Gasteiger partial charge in [0.15, 0.2) is 0 Å². The number of hydrogen-bond donors (Lipinski definition) is 1. The molecule has 0 aliphatic carbocycles. The van der Waals surface area contributed by atoms with Crippen molar-refractivity contribution < 1.29 is 16.8 Å². The molecule has 8 heteroatoms. The number of thioether (sulfide) groups is 1. The largest absolute Gasteiger partial charge is 1.00 e. The zero-order valence-electron chi connectivity index (χ0n) is 11.7. The highest BCUT2D eigenvalue weighted by Crippen LogP contribution is 2.32. The van der Waals surface area contributed by atoms with Gasteiger partial charge in [0.1, 0.15) is 0 Å². The summed E-state index contributed by atoms with van der Waals surface area (Å²) in [4.78, 5) is 0. The van der Waals surface area contributed by atoms with E-state index < -0.39 is 0 Å². The number of piperidine rings is 1. The van der Waals surface area contributed by atoms with Gasteiger partial charge in [0.05, 0.1) is 0 Å². The molecule has 22 heavy (non-hydrogen) atoms. The molecule has 0 radical (unpaired) electrons. The summed E-state index contributed by atoms with van der Waals surface area (Å²) < 4.78 is 5.75. The van der Waals surface area contributed by atoms with E-state index in [0.717, 1.165) is 37.4 Å². The second-order valence-electron chi connectivity index (χ2n) is 4.92. The Balaban J connectivity index is 0.00000176. The van der Waals surface area contributed by atoms with Crippen molar-refractivity contribution in [2.24, 2.45) is 0 Å². The predicted octanol–water partition coefficient (Wildman–Crippen LogP) is 1.14. The number of nitrogens with zero attached hydrogens (tertiary/aromatic N) is 2. The van der Waals surface area contributed by atoms with Crippen LogP contribution >= 0.6 is 35.0 Å². The van der Waals surface area contributed by atoms with Crippen molar-refractivity contribution in [2.75, 3.05) is 13.1 Å². The van der Waals surface area contributed by atoms with Gasteiger partial charge in [0, 0.05) is 21.7 Å². The van der Waals surface area contributed by atoms with Crippen LogP contribution < -0.4 is 17.7 Å². The first-order valence-corrected chi connectivity index (χ1v) is 8.58. The Kier molecular flexibility index (Phi) is 6.84. The van der Waals surface area contributed by atoms with Gasteiger partial charge in [-0.1, -0.05) is 41.0 Å². The van der Waals surface area contributed by atoms with E-state index in [1.807, 2.05) is 18.2 Å². The van der Waals surface area contributed by atoms with E-state index >= 15 is 0 Å². The van der Waals surface area contributed by atoms with Crippen LogP contribution in [0.5, 0.6) is 0 Å². The Morgan fingerprint density at radius 2 is 1.86 bits per heavy atom. The maximum absolute atomic E-state index is 6.15.